The Hall–Kier alpha value is -1.56. The Kier molecular flexibility index (Phi) is 8.42. The molecule has 1 unspecified atom stereocenters. The fraction of sp³-hybridized carbons (Fsp3) is 0.588. The largest absolute Gasteiger partial charge is 0.493 e. The van der Waals surface area contributed by atoms with Gasteiger partial charge >= 0.3 is 13.5 Å². The van der Waals surface area contributed by atoms with Crippen LogP contribution in [0.5, 0.6) is 11.5 Å². The summed E-state index contributed by atoms with van der Waals surface area (Å²) < 4.78 is 34.2. The van der Waals surface area contributed by atoms with E-state index in [1.54, 1.807) is 26.8 Å². The number of nitrogens with one attached hydrogen (secondary N) is 1. The topological polar surface area (TPSA) is 83.1 Å². The highest BCUT2D eigenvalue weighted by atomic mass is 31.2. The standard InChI is InChI=1S/C17H28NO6P/c1-7-14-8-9-15(16(10-14)22-6)24-25(20,11-21-5)18-13(4)17(19)23-12(2)3/h8-10,12-13H,7,11H2,1-6H3,(H,18,20)/t13-,25?/m0/s1. The van der Waals surface area contributed by atoms with E-state index in [1.165, 1.54) is 14.2 Å². The third kappa shape index (κ3) is 6.69. The van der Waals surface area contributed by atoms with Crippen LogP contribution in [0.25, 0.3) is 0 Å². The van der Waals surface area contributed by atoms with Gasteiger partial charge in [-0.05, 0) is 44.9 Å². The van der Waals surface area contributed by atoms with Gasteiger partial charge in [-0.15, -0.1) is 0 Å². The van der Waals surface area contributed by atoms with Gasteiger partial charge in [-0.1, -0.05) is 13.0 Å². The molecule has 0 saturated heterocycles. The van der Waals surface area contributed by atoms with Gasteiger partial charge in [0.1, 0.15) is 12.4 Å². The van der Waals surface area contributed by atoms with Gasteiger partial charge in [0, 0.05) is 7.11 Å². The molecule has 7 nitrogen and oxygen atoms in total. The van der Waals surface area contributed by atoms with Gasteiger partial charge in [0.2, 0.25) is 0 Å². The van der Waals surface area contributed by atoms with E-state index in [2.05, 4.69) is 5.09 Å². The van der Waals surface area contributed by atoms with E-state index < -0.39 is 19.5 Å². The maximum absolute atomic E-state index is 13.1. The highest BCUT2D eigenvalue weighted by Gasteiger charge is 2.31. The van der Waals surface area contributed by atoms with E-state index in [-0.39, 0.29) is 12.5 Å². The lowest BCUT2D eigenvalue weighted by molar-refractivity contribution is -0.149. The number of ether oxygens (including phenoxy) is 3. The van der Waals surface area contributed by atoms with Gasteiger partial charge in [-0.3, -0.25) is 9.36 Å². The van der Waals surface area contributed by atoms with Gasteiger partial charge in [0.25, 0.3) is 0 Å². The summed E-state index contributed by atoms with van der Waals surface area (Å²) in [4.78, 5) is 12.0. The maximum Gasteiger partial charge on any atom is 0.342 e. The van der Waals surface area contributed by atoms with Crippen LogP contribution in [0.4, 0.5) is 0 Å². The fourth-order valence-corrected chi connectivity index (χ4v) is 3.79. The second kappa shape index (κ2) is 9.80. The van der Waals surface area contributed by atoms with Crippen LogP contribution in [0, 0.1) is 0 Å². The number of hydrogen-bond acceptors (Lipinski definition) is 6. The Morgan fingerprint density at radius 3 is 2.40 bits per heavy atom. The smallest absolute Gasteiger partial charge is 0.342 e. The van der Waals surface area contributed by atoms with Crippen LogP contribution in [0.2, 0.25) is 0 Å². The molecule has 0 aliphatic rings. The van der Waals surface area contributed by atoms with E-state index >= 15 is 0 Å². The van der Waals surface area contributed by atoms with Crippen molar-refractivity contribution in [2.45, 2.75) is 46.3 Å². The van der Waals surface area contributed by atoms with Crippen molar-refractivity contribution >= 4 is 13.5 Å². The van der Waals surface area contributed by atoms with Crippen LogP contribution in [-0.2, 0) is 25.3 Å². The summed E-state index contributed by atoms with van der Waals surface area (Å²) in [5.74, 6) is 0.273. The maximum atomic E-state index is 13.1. The molecular weight excluding hydrogens is 345 g/mol. The Balaban J connectivity index is 2.98. The predicted octanol–water partition coefficient (Wildman–Crippen LogP) is 3.36. The molecule has 8 heteroatoms. The molecule has 1 rings (SSSR count). The zero-order chi connectivity index (χ0) is 19.0. The molecule has 1 aromatic carbocycles. The molecule has 1 aromatic rings. The van der Waals surface area contributed by atoms with Gasteiger partial charge in [-0.2, -0.15) is 0 Å². The summed E-state index contributed by atoms with van der Waals surface area (Å²) in [5.41, 5.74) is 1.06. The van der Waals surface area contributed by atoms with Crippen molar-refractivity contribution in [2.24, 2.45) is 0 Å². The first-order valence-corrected chi connectivity index (χ1v) is 9.98. The van der Waals surface area contributed by atoms with E-state index in [0.717, 1.165) is 12.0 Å². The van der Waals surface area contributed by atoms with Crippen LogP contribution in [-0.4, -0.2) is 38.7 Å². The zero-order valence-corrected chi connectivity index (χ0v) is 16.6. The number of methoxy groups -OCH3 is 2. The Bertz CT molecular complexity index is 619. The molecule has 0 aliphatic carbocycles. The van der Waals surface area contributed by atoms with Crippen LogP contribution >= 0.6 is 7.52 Å². The molecule has 0 spiro atoms. The van der Waals surface area contributed by atoms with Crippen molar-refractivity contribution in [1.82, 2.24) is 5.09 Å². The number of rotatable bonds is 10. The average Bonchev–Trinajstić information content (AvgIpc) is 2.54. The Morgan fingerprint density at radius 2 is 1.88 bits per heavy atom. The summed E-state index contributed by atoms with van der Waals surface area (Å²) in [6.45, 7) is 7.08. The number of carbonyl (C=O) groups is 1. The lowest BCUT2D eigenvalue weighted by Crippen LogP contribution is -2.36. The van der Waals surface area contributed by atoms with Crippen molar-refractivity contribution < 1.29 is 28.1 Å². The third-order valence-electron chi connectivity index (χ3n) is 3.28. The number of carbonyl (C=O) groups excluding carboxylic acids is 1. The zero-order valence-electron chi connectivity index (χ0n) is 15.7. The summed E-state index contributed by atoms with van der Waals surface area (Å²) >= 11 is 0. The van der Waals surface area contributed by atoms with E-state index in [0.29, 0.717) is 11.5 Å². The van der Waals surface area contributed by atoms with Gasteiger partial charge in [-0.25, -0.2) is 5.09 Å². The van der Waals surface area contributed by atoms with Crippen molar-refractivity contribution in [1.29, 1.82) is 0 Å². The molecule has 0 aromatic heterocycles. The van der Waals surface area contributed by atoms with Crippen molar-refractivity contribution in [3.8, 4) is 11.5 Å². The molecule has 0 fully saturated rings. The van der Waals surface area contributed by atoms with E-state index in [4.69, 9.17) is 18.7 Å². The average molecular weight is 373 g/mol. The van der Waals surface area contributed by atoms with Gasteiger partial charge in [0.15, 0.2) is 11.5 Å². The summed E-state index contributed by atoms with van der Waals surface area (Å²) in [5, 5.41) is 2.71. The monoisotopic (exact) mass is 373 g/mol. The normalized spacial score (nSPS) is 14.7. The summed E-state index contributed by atoms with van der Waals surface area (Å²) in [6, 6.07) is 4.57. The lowest BCUT2D eigenvalue weighted by atomic mass is 10.1. The molecule has 0 amide bonds. The van der Waals surface area contributed by atoms with Crippen LogP contribution in [0.3, 0.4) is 0 Å². The number of esters is 1. The predicted molar refractivity (Wildman–Crippen MR) is 96.3 cm³/mol. The summed E-state index contributed by atoms with van der Waals surface area (Å²) in [7, 11) is -0.590. The molecule has 0 saturated carbocycles. The number of benzene rings is 1. The molecular formula is C17H28NO6P. The van der Waals surface area contributed by atoms with Gasteiger partial charge in [0.05, 0.1) is 13.2 Å². The number of aryl methyl sites for hydroxylation is 1. The van der Waals surface area contributed by atoms with Crippen molar-refractivity contribution in [3.05, 3.63) is 23.8 Å². The molecule has 142 valence electrons. The van der Waals surface area contributed by atoms with Crippen LogP contribution < -0.4 is 14.3 Å². The molecule has 1 N–H and O–H groups in total. The Morgan fingerprint density at radius 1 is 1.20 bits per heavy atom. The van der Waals surface area contributed by atoms with Crippen LogP contribution in [0.1, 0.15) is 33.3 Å². The van der Waals surface area contributed by atoms with Crippen LogP contribution in [0.15, 0.2) is 18.2 Å². The van der Waals surface area contributed by atoms with Crippen molar-refractivity contribution in [2.75, 3.05) is 20.6 Å². The first-order chi connectivity index (χ1) is 11.7. The minimum atomic E-state index is -3.51. The second-order valence-corrected chi connectivity index (χ2v) is 7.90. The molecule has 0 radical (unpaired) electrons. The highest BCUT2D eigenvalue weighted by molar-refractivity contribution is 7.57. The summed E-state index contributed by atoms with van der Waals surface area (Å²) in [6.07, 6.45) is 0.370. The highest BCUT2D eigenvalue weighted by Crippen LogP contribution is 2.46. The first kappa shape index (κ1) is 21.5. The Labute approximate surface area is 149 Å². The SMILES string of the molecule is CCc1ccc(OP(=O)(COC)N[C@@H](C)C(=O)OC(C)C)c(OC)c1. The molecule has 0 bridgehead atoms. The molecule has 25 heavy (non-hydrogen) atoms. The fourth-order valence-electron chi connectivity index (χ4n) is 2.11. The van der Waals surface area contributed by atoms with E-state index in [1.807, 2.05) is 19.1 Å². The lowest BCUT2D eigenvalue weighted by Gasteiger charge is -2.24. The molecule has 0 heterocycles. The van der Waals surface area contributed by atoms with Gasteiger partial charge < -0.3 is 18.7 Å². The third-order valence-corrected chi connectivity index (χ3v) is 5.15. The molecule has 0 aliphatic heterocycles. The molecule has 2 atom stereocenters. The minimum absolute atomic E-state index is 0.203. The minimum Gasteiger partial charge on any atom is -0.493 e. The second-order valence-electron chi connectivity index (χ2n) is 5.86. The number of hydrogen-bond donors (Lipinski definition) is 1. The quantitative estimate of drug-likeness (QED) is 0.497. The van der Waals surface area contributed by atoms with E-state index in [9.17, 15) is 9.36 Å². The van der Waals surface area contributed by atoms with Crippen molar-refractivity contribution in [3.63, 3.8) is 0 Å². The first-order valence-electron chi connectivity index (χ1n) is 8.17.